The molecule has 2 N–H and O–H groups in total. The van der Waals surface area contributed by atoms with E-state index in [2.05, 4.69) is 10.6 Å². The molecule has 0 saturated carbocycles. The first-order valence-electron chi connectivity index (χ1n) is 4.48. The molecule has 0 aromatic carbocycles. The zero-order valence-electron chi connectivity index (χ0n) is 8.61. The van der Waals surface area contributed by atoms with Crippen LogP contribution in [-0.2, 0) is 14.4 Å². The van der Waals surface area contributed by atoms with Crippen LogP contribution in [0.5, 0.6) is 0 Å². The Morgan fingerprint density at radius 3 is 2.14 bits per heavy atom. The number of hydrogen-bond donors (Lipinski definition) is 2. The molecule has 0 radical (unpaired) electrons. The second kappa shape index (κ2) is 6.12. The fourth-order valence-electron chi connectivity index (χ4n) is 0.992. The van der Waals surface area contributed by atoms with E-state index in [9.17, 15) is 14.4 Å². The first-order chi connectivity index (χ1) is 6.52. The zero-order chi connectivity index (χ0) is 11.1. The van der Waals surface area contributed by atoms with E-state index in [-0.39, 0.29) is 11.8 Å². The van der Waals surface area contributed by atoms with Gasteiger partial charge in [0.25, 0.3) is 0 Å². The molecule has 0 spiro atoms. The topological polar surface area (TPSA) is 75.3 Å². The predicted molar refractivity (Wildman–Crippen MR) is 51.5 cm³/mol. The summed E-state index contributed by atoms with van der Waals surface area (Å²) in [6.07, 6.45) is 1.12. The molecule has 5 nitrogen and oxygen atoms in total. The summed E-state index contributed by atoms with van der Waals surface area (Å²) in [6.45, 7) is 5.20. The summed E-state index contributed by atoms with van der Waals surface area (Å²) >= 11 is 0. The Bertz CT molecular complexity index is 216. The first kappa shape index (κ1) is 12.6. The Kier molecular flexibility index (Phi) is 5.52. The van der Waals surface area contributed by atoms with Crippen molar-refractivity contribution in [1.82, 2.24) is 10.6 Å². The third-order valence-corrected chi connectivity index (χ3v) is 1.77. The lowest BCUT2D eigenvalue weighted by Crippen LogP contribution is -2.49. The van der Waals surface area contributed by atoms with Gasteiger partial charge in [-0.25, -0.2) is 0 Å². The fourth-order valence-corrected chi connectivity index (χ4v) is 0.992. The summed E-state index contributed by atoms with van der Waals surface area (Å²) in [7, 11) is 0. The van der Waals surface area contributed by atoms with Crippen molar-refractivity contribution in [3.63, 3.8) is 0 Å². The van der Waals surface area contributed by atoms with E-state index >= 15 is 0 Å². The van der Waals surface area contributed by atoms with Gasteiger partial charge in [-0.2, -0.15) is 0 Å². The van der Waals surface area contributed by atoms with Crippen LogP contribution >= 0.6 is 0 Å². The molecule has 0 aromatic rings. The number of carbonyl (C=O) groups is 3. The summed E-state index contributed by atoms with van der Waals surface area (Å²) in [5, 5.41) is 4.87. The van der Waals surface area contributed by atoms with Crippen molar-refractivity contribution in [3.8, 4) is 0 Å². The van der Waals surface area contributed by atoms with Crippen molar-refractivity contribution in [1.29, 1.82) is 0 Å². The van der Waals surface area contributed by atoms with Gasteiger partial charge in [-0.05, 0) is 12.8 Å². The maximum Gasteiger partial charge on any atom is 0.243 e. The Balaban J connectivity index is 4.28. The minimum Gasteiger partial charge on any atom is -0.347 e. The lowest BCUT2D eigenvalue weighted by molar-refractivity contribution is -0.128. The highest BCUT2D eigenvalue weighted by atomic mass is 16.2. The zero-order valence-corrected chi connectivity index (χ0v) is 8.61. The van der Waals surface area contributed by atoms with E-state index in [4.69, 9.17) is 0 Å². The van der Waals surface area contributed by atoms with Gasteiger partial charge in [-0.15, -0.1) is 0 Å². The molecular weight excluding hydrogens is 184 g/mol. The molecule has 2 amide bonds. The van der Waals surface area contributed by atoms with Gasteiger partial charge in [-0.1, -0.05) is 13.8 Å². The normalized spacial score (nSPS) is 14.3. The van der Waals surface area contributed by atoms with Crippen LogP contribution in [-0.4, -0.2) is 30.7 Å². The van der Waals surface area contributed by atoms with Gasteiger partial charge in [0.15, 0.2) is 0 Å². The number of hydrogen-bond acceptors (Lipinski definition) is 3. The minimum atomic E-state index is -0.588. The van der Waals surface area contributed by atoms with Crippen molar-refractivity contribution in [2.75, 3.05) is 0 Å². The molecule has 0 rings (SSSR count). The first-order valence-corrected chi connectivity index (χ1v) is 4.48. The van der Waals surface area contributed by atoms with Crippen molar-refractivity contribution < 1.29 is 14.4 Å². The van der Waals surface area contributed by atoms with E-state index < -0.39 is 12.1 Å². The molecular formula is C9H16N2O3. The summed E-state index contributed by atoms with van der Waals surface area (Å²) in [4.78, 5) is 32.0. The number of carbonyl (C=O) groups excluding carboxylic acids is 3. The Hall–Kier alpha value is -1.39. The Morgan fingerprint density at radius 1 is 1.21 bits per heavy atom. The molecule has 0 saturated heterocycles. The molecule has 0 heterocycles. The molecule has 0 aliphatic rings. The van der Waals surface area contributed by atoms with Gasteiger partial charge < -0.3 is 15.4 Å². The van der Waals surface area contributed by atoms with Gasteiger partial charge in [0.2, 0.25) is 12.3 Å². The minimum absolute atomic E-state index is 0.0148. The van der Waals surface area contributed by atoms with Crippen molar-refractivity contribution in [3.05, 3.63) is 0 Å². The van der Waals surface area contributed by atoms with Crippen LogP contribution in [0, 0.1) is 5.92 Å². The van der Waals surface area contributed by atoms with Gasteiger partial charge in [0.05, 0.1) is 6.04 Å². The average Bonchev–Trinajstić information content (AvgIpc) is 2.13. The molecule has 80 valence electrons. The standard InChI is InChI=1S/C9H16N2O3/c1-6(2)8(10-5-13)9(14)11-7(3)4-12/h4-8H,1-3H3,(H,10,13)(H,11,14)/t7-,8?/m0/s1. The van der Waals surface area contributed by atoms with Gasteiger partial charge >= 0.3 is 0 Å². The number of amides is 2. The summed E-state index contributed by atoms with van der Waals surface area (Å²) in [5.41, 5.74) is 0. The second-order valence-corrected chi connectivity index (χ2v) is 3.44. The van der Waals surface area contributed by atoms with E-state index in [0.717, 1.165) is 0 Å². The van der Waals surface area contributed by atoms with Crippen LogP contribution in [0.1, 0.15) is 20.8 Å². The monoisotopic (exact) mass is 200 g/mol. The van der Waals surface area contributed by atoms with Crippen LogP contribution in [0.2, 0.25) is 0 Å². The summed E-state index contributed by atoms with van der Waals surface area (Å²) < 4.78 is 0. The van der Waals surface area contributed by atoms with Gasteiger partial charge in [-0.3, -0.25) is 9.59 Å². The number of rotatable bonds is 6. The van der Waals surface area contributed by atoms with Gasteiger partial charge in [0, 0.05) is 0 Å². The Labute approximate surface area is 83.2 Å². The highest BCUT2D eigenvalue weighted by molar-refractivity contribution is 5.86. The van der Waals surface area contributed by atoms with E-state index in [0.29, 0.717) is 12.7 Å². The molecule has 14 heavy (non-hydrogen) atoms. The quantitative estimate of drug-likeness (QED) is 0.565. The highest BCUT2D eigenvalue weighted by Crippen LogP contribution is 2.00. The Morgan fingerprint density at radius 2 is 1.79 bits per heavy atom. The van der Waals surface area contributed by atoms with Crippen molar-refractivity contribution in [2.24, 2.45) is 5.92 Å². The van der Waals surface area contributed by atoms with E-state index in [1.54, 1.807) is 6.92 Å². The average molecular weight is 200 g/mol. The van der Waals surface area contributed by atoms with E-state index in [1.165, 1.54) is 0 Å². The van der Waals surface area contributed by atoms with Crippen LogP contribution in [0.25, 0.3) is 0 Å². The molecule has 0 aliphatic carbocycles. The van der Waals surface area contributed by atoms with Crippen LogP contribution in [0.4, 0.5) is 0 Å². The van der Waals surface area contributed by atoms with Crippen LogP contribution in [0.15, 0.2) is 0 Å². The fraction of sp³-hybridized carbons (Fsp3) is 0.667. The molecule has 5 heteroatoms. The predicted octanol–water partition coefficient (Wildman–Crippen LogP) is -0.539. The molecule has 0 bridgehead atoms. The van der Waals surface area contributed by atoms with Crippen molar-refractivity contribution in [2.45, 2.75) is 32.9 Å². The third kappa shape index (κ3) is 4.02. The smallest absolute Gasteiger partial charge is 0.243 e. The van der Waals surface area contributed by atoms with Gasteiger partial charge in [0.1, 0.15) is 12.3 Å². The molecule has 0 aromatic heterocycles. The highest BCUT2D eigenvalue weighted by Gasteiger charge is 2.22. The van der Waals surface area contributed by atoms with Crippen LogP contribution < -0.4 is 10.6 Å². The molecule has 0 fully saturated rings. The third-order valence-electron chi connectivity index (χ3n) is 1.77. The second-order valence-electron chi connectivity index (χ2n) is 3.44. The van der Waals surface area contributed by atoms with Crippen molar-refractivity contribution >= 4 is 18.6 Å². The largest absolute Gasteiger partial charge is 0.347 e. The van der Waals surface area contributed by atoms with Crippen LogP contribution in [0.3, 0.4) is 0 Å². The maximum absolute atomic E-state index is 11.5. The lowest BCUT2D eigenvalue weighted by Gasteiger charge is -2.20. The SMILES string of the molecule is CC(C)C(NC=O)C(=O)N[C@@H](C)C=O. The maximum atomic E-state index is 11.5. The van der Waals surface area contributed by atoms with E-state index in [1.807, 2.05) is 13.8 Å². The molecule has 1 unspecified atom stereocenters. The lowest BCUT2D eigenvalue weighted by atomic mass is 10.0. The molecule has 0 aliphatic heterocycles. The summed E-state index contributed by atoms with van der Waals surface area (Å²) in [6, 6.07) is -1.12. The number of nitrogens with one attached hydrogen (secondary N) is 2. The summed E-state index contributed by atoms with van der Waals surface area (Å²) in [5.74, 6) is -0.356. The number of aldehydes is 1. The molecule has 2 atom stereocenters.